The first kappa shape index (κ1) is 15.1. The lowest BCUT2D eigenvalue weighted by Gasteiger charge is -2.12. The van der Waals surface area contributed by atoms with Gasteiger partial charge in [-0.25, -0.2) is 0 Å². The van der Waals surface area contributed by atoms with Gasteiger partial charge in [0.25, 0.3) is 0 Å². The molecule has 20 heavy (non-hydrogen) atoms. The van der Waals surface area contributed by atoms with Gasteiger partial charge >= 0.3 is 5.97 Å². The molecule has 1 aromatic rings. The lowest BCUT2D eigenvalue weighted by atomic mass is 10.1. The van der Waals surface area contributed by atoms with Crippen molar-refractivity contribution in [2.75, 3.05) is 18.6 Å². The largest absolute Gasteiger partial charge is 0.469 e. The van der Waals surface area contributed by atoms with Crippen molar-refractivity contribution in [3.05, 3.63) is 35.9 Å². The molecule has 0 spiro atoms. The van der Waals surface area contributed by atoms with Crippen molar-refractivity contribution in [2.45, 2.75) is 25.7 Å². The van der Waals surface area contributed by atoms with Gasteiger partial charge in [0.15, 0.2) is 0 Å². The summed E-state index contributed by atoms with van der Waals surface area (Å²) >= 11 is 1.65. The van der Waals surface area contributed by atoms with Crippen LogP contribution >= 0.6 is 11.8 Å². The summed E-state index contributed by atoms with van der Waals surface area (Å²) in [5.74, 6) is 1.51. The van der Waals surface area contributed by atoms with Gasteiger partial charge in [-0.1, -0.05) is 30.3 Å². The predicted octanol–water partition coefficient (Wildman–Crippen LogP) is 2.87. The van der Waals surface area contributed by atoms with Gasteiger partial charge in [0.1, 0.15) is 5.78 Å². The zero-order valence-electron chi connectivity index (χ0n) is 11.8. The summed E-state index contributed by atoms with van der Waals surface area (Å²) in [4.78, 5) is 23.2. The lowest BCUT2D eigenvalue weighted by molar-refractivity contribution is -0.141. The minimum atomic E-state index is -0.140. The van der Waals surface area contributed by atoms with Crippen LogP contribution in [0.5, 0.6) is 0 Å². The van der Waals surface area contributed by atoms with Gasteiger partial charge in [-0.15, -0.1) is 0 Å². The summed E-state index contributed by atoms with van der Waals surface area (Å²) in [5.41, 5.74) is 1.17. The third kappa shape index (κ3) is 4.67. The third-order valence-corrected chi connectivity index (χ3v) is 4.96. The molecule has 1 aromatic carbocycles. The molecule has 0 heterocycles. The van der Waals surface area contributed by atoms with E-state index in [2.05, 4.69) is 0 Å². The van der Waals surface area contributed by atoms with E-state index in [-0.39, 0.29) is 17.2 Å². The molecule has 3 nitrogen and oxygen atoms in total. The van der Waals surface area contributed by atoms with Crippen LogP contribution in [0, 0.1) is 5.41 Å². The average Bonchev–Trinajstić information content (AvgIpc) is 3.19. The fourth-order valence-corrected chi connectivity index (χ4v) is 3.44. The Bertz CT molecular complexity index is 466. The second kappa shape index (κ2) is 6.93. The van der Waals surface area contributed by atoms with Crippen molar-refractivity contribution in [1.82, 2.24) is 0 Å². The summed E-state index contributed by atoms with van der Waals surface area (Å²) in [6, 6.07) is 9.80. The van der Waals surface area contributed by atoms with Gasteiger partial charge in [0.05, 0.1) is 19.3 Å². The quantitative estimate of drug-likeness (QED) is 0.691. The van der Waals surface area contributed by atoms with Crippen molar-refractivity contribution < 1.29 is 14.3 Å². The minimum absolute atomic E-state index is 0.102. The van der Waals surface area contributed by atoms with E-state index in [4.69, 9.17) is 4.74 Å². The molecule has 2 rings (SSSR count). The smallest absolute Gasteiger partial charge is 0.306 e. The summed E-state index contributed by atoms with van der Waals surface area (Å²) in [6.45, 7) is 0. The molecular formula is C16H20O3S. The van der Waals surface area contributed by atoms with Crippen molar-refractivity contribution >= 4 is 23.5 Å². The highest BCUT2D eigenvalue weighted by Crippen LogP contribution is 2.51. The fourth-order valence-electron chi connectivity index (χ4n) is 2.18. The Morgan fingerprint density at radius 1 is 1.25 bits per heavy atom. The Labute approximate surface area is 124 Å². The Morgan fingerprint density at radius 2 is 1.95 bits per heavy atom. The maximum atomic E-state index is 11.9. The normalized spacial score (nSPS) is 15.7. The number of carbonyl (C=O) groups excluding carboxylic acids is 2. The number of hydrogen-bond acceptors (Lipinski definition) is 4. The molecular weight excluding hydrogens is 272 g/mol. The van der Waals surface area contributed by atoms with E-state index in [0.717, 1.165) is 24.2 Å². The second-order valence-electron chi connectivity index (χ2n) is 5.45. The van der Waals surface area contributed by atoms with Crippen molar-refractivity contribution in [3.8, 4) is 0 Å². The molecule has 0 radical (unpaired) electrons. The first-order valence-corrected chi connectivity index (χ1v) is 7.99. The van der Waals surface area contributed by atoms with Crippen LogP contribution in [-0.4, -0.2) is 30.4 Å². The first-order chi connectivity index (χ1) is 9.63. The third-order valence-electron chi connectivity index (χ3n) is 3.62. The van der Waals surface area contributed by atoms with Crippen LogP contribution in [0.1, 0.15) is 24.8 Å². The van der Waals surface area contributed by atoms with E-state index in [1.54, 1.807) is 11.8 Å². The summed E-state index contributed by atoms with van der Waals surface area (Å²) in [7, 11) is 1.43. The highest BCUT2D eigenvalue weighted by atomic mass is 32.2. The Hall–Kier alpha value is -1.29. The van der Waals surface area contributed by atoms with Crippen molar-refractivity contribution in [1.29, 1.82) is 0 Å². The van der Waals surface area contributed by atoms with Crippen LogP contribution in [-0.2, 0) is 20.7 Å². The highest BCUT2D eigenvalue weighted by Gasteiger charge is 2.44. The van der Waals surface area contributed by atoms with E-state index in [9.17, 15) is 9.59 Å². The van der Waals surface area contributed by atoms with E-state index in [1.807, 2.05) is 30.3 Å². The molecule has 0 N–H and O–H groups in total. The molecule has 0 atom stereocenters. The summed E-state index contributed by atoms with van der Waals surface area (Å²) in [6.07, 6.45) is 3.13. The molecule has 1 aliphatic rings. The van der Waals surface area contributed by atoms with Crippen molar-refractivity contribution in [2.24, 2.45) is 5.41 Å². The zero-order valence-corrected chi connectivity index (χ0v) is 12.6. The maximum Gasteiger partial charge on any atom is 0.306 e. The van der Waals surface area contributed by atoms with Gasteiger partial charge in [0.2, 0.25) is 0 Å². The molecule has 1 fully saturated rings. The summed E-state index contributed by atoms with van der Waals surface area (Å²) in [5, 5.41) is 0. The SMILES string of the molecule is COC(=O)CC1(CSCC(=O)Cc2ccccc2)CC1. The molecule has 108 valence electrons. The monoisotopic (exact) mass is 292 g/mol. The van der Waals surface area contributed by atoms with E-state index in [1.165, 1.54) is 7.11 Å². The molecule has 4 heteroatoms. The van der Waals surface area contributed by atoms with Crippen molar-refractivity contribution in [3.63, 3.8) is 0 Å². The molecule has 0 saturated heterocycles. The molecule has 0 amide bonds. The maximum absolute atomic E-state index is 11.9. The van der Waals surface area contributed by atoms with Crippen LogP contribution in [0.15, 0.2) is 30.3 Å². The van der Waals surface area contributed by atoms with Crippen LogP contribution in [0.2, 0.25) is 0 Å². The molecule has 1 aliphatic carbocycles. The van der Waals surface area contributed by atoms with Crippen LogP contribution in [0.3, 0.4) is 0 Å². The Kier molecular flexibility index (Phi) is 5.24. The standard InChI is InChI=1S/C16H20O3S/c1-19-15(18)10-16(7-8-16)12-20-11-14(17)9-13-5-3-2-4-6-13/h2-6H,7-12H2,1H3. The van der Waals surface area contributed by atoms with E-state index >= 15 is 0 Å². The summed E-state index contributed by atoms with van der Waals surface area (Å²) < 4.78 is 4.72. The van der Waals surface area contributed by atoms with Gasteiger partial charge < -0.3 is 4.74 Å². The number of benzene rings is 1. The number of methoxy groups -OCH3 is 1. The van der Waals surface area contributed by atoms with Gasteiger partial charge in [-0.05, 0) is 29.6 Å². The minimum Gasteiger partial charge on any atom is -0.469 e. The van der Waals surface area contributed by atoms with Crippen LogP contribution in [0.25, 0.3) is 0 Å². The van der Waals surface area contributed by atoms with Crippen LogP contribution < -0.4 is 0 Å². The number of thioether (sulfide) groups is 1. The topological polar surface area (TPSA) is 43.4 Å². The van der Waals surface area contributed by atoms with Crippen LogP contribution in [0.4, 0.5) is 0 Å². The lowest BCUT2D eigenvalue weighted by Crippen LogP contribution is -2.14. The molecule has 0 aliphatic heterocycles. The van der Waals surface area contributed by atoms with Gasteiger partial charge in [-0.3, -0.25) is 9.59 Å². The molecule has 1 saturated carbocycles. The molecule has 0 aromatic heterocycles. The first-order valence-electron chi connectivity index (χ1n) is 6.84. The number of ketones is 1. The fraction of sp³-hybridized carbons (Fsp3) is 0.500. The van der Waals surface area contributed by atoms with Gasteiger partial charge in [0, 0.05) is 6.42 Å². The Morgan fingerprint density at radius 3 is 2.55 bits per heavy atom. The van der Waals surface area contributed by atoms with Gasteiger partial charge in [-0.2, -0.15) is 11.8 Å². The number of esters is 1. The zero-order chi connectivity index (χ0) is 14.4. The van der Waals surface area contributed by atoms with E-state index in [0.29, 0.717) is 18.6 Å². The Balaban J connectivity index is 1.68. The number of carbonyl (C=O) groups is 2. The number of Topliss-reactive ketones (excluding diaryl/α,β-unsaturated/α-hetero) is 1. The highest BCUT2D eigenvalue weighted by molar-refractivity contribution is 8.00. The molecule has 0 bridgehead atoms. The number of hydrogen-bond donors (Lipinski definition) is 0. The van der Waals surface area contributed by atoms with E-state index < -0.39 is 0 Å². The average molecular weight is 292 g/mol. The molecule has 0 unspecified atom stereocenters. The second-order valence-corrected chi connectivity index (χ2v) is 6.43. The number of rotatable bonds is 8. The predicted molar refractivity (Wildman–Crippen MR) is 80.8 cm³/mol. The number of ether oxygens (including phenoxy) is 1.